The Kier molecular flexibility index (Phi) is 6.50. The summed E-state index contributed by atoms with van der Waals surface area (Å²) in [5.74, 6) is 1.87. The van der Waals surface area contributed by atoms with E-state index < -0.39 is 5.60 Å². The molecule has 1 amide bonds. The lowest BCUT2D eigenvalue weighted by Gasteiger charge is -2.37. The van der Waals surface area contributed by atoms with Crippen LogP contribution in [0.1, 0.15) is 57.6 Å². The van der Waals surface area contributed by atoms with E-state index in [0.717, 1.165) is 41.8 Å². The smallest absolute Gasteiger partial charge is 0.256 e. The number of hydrogen-bond donors (Lipinski definition) is 1. The number of carbonyl (C=O) groups excluding carboxylic acids is 1. The molecular formula is C21H33NO3. The lowest BCUT2D eigenvalue weighted by Crippen LogP contribution is -2.47. The number of anilines is 1. The Morgan fingerprint density at radius 3 is 2.48 bits per heavy atom. The Morgan fingerprint density at radius 2 is 1.96 bits per heavy atom. The highest BCUT2D eigenvalue weighted by molar-refractivity contribution is 5.97. The molecule has 0 aromatic heterocycles. The van der Waals surface area contributed by atoms with Crippen molar-refractivity contribution < 1.29 is 14.3 Å². The van der Waals surface area contributed by atoms with Crippen LogP contribution in [0.5, 0.6) is 5.75 Å². The lowest BCUT2D eigenvalue weighted by atomic mass is 9.78. The van der Waals surface area contributed by atoms with Crippen molar-refractivity contribution in [3.63, 3.8) is 0 Å². The number of carbonyl (C=O) groups is 1. The quantitative estimate of drug-likeness (QED) is 0.798. The van der Waals surface area contributed by atoms with E-state index in [-0.39, 0.29) is 5.91 Å². The molecule has 0 bridgehead atoms. The summed E-state index contributed by atoms with van der Waals surface area (Å²) in [5.41, 5.74) is 2.19. The highest BCUT2D eigenvalue weighted by Crippen LogP contribution is 2.36. The lowest BCUT2D eigenvalue weighted by molar-refractivity contribution is -0.143. The molecule has 1 fully saturated rings. The van der Waals surface area contributed by atoms with Crippen molar-refractivity contribution in [2.75, 3.05) is 19.0 Å². The predicted molar refractivity (Wildman–Crippen MR) is 102 cm³/mol. The molecule has 0 aliphatic heterocycles. The number of aryl methyl sites for hydroxylation is 2. The molecular weight excluding hydrogens is 314 g/mol. The van der Waals surface area contributed by atoms with Crippen molar-refractivity contribution in [1.82, 2.24) is 0 Å². The van der Waals surface area contributed by atoms with Gasteiger partial charge in [0.2, 0.25) is 0 Å². The molecule has 1 saturated carbocycles. The molecule has 1 N–H and O–H groups in total. The van der Waals surface area contributed by atoms with E-state index in [9.17, 15) is 4.79 Å². The Labute approximate surface area is 152 Å². The predicted octanol–water partition coefficient (Wildman–Crippen LogP) is 4.87. The minimum absolute atomic E-state index is 0.0313. The van der Waals surface area contributed by atoms with Crippen molar-refractivity contribution in [3.05, 3.63) is 23.3 Å². The van der Waals surface area contributed by atoms with Gasteiger partial charge in [-0.15, -0.1) is 0 Å². The molecule has 1 aromatic rings. The fourth-order valence-corrected chi connectivity index (χ4v) is 3.73. The average Bonchev–Trinajstić information content (AvgIpc) is 2.53. The third kappa shape index (κ3) is 4.75. The number of benzene rings is 1. The largest absolute Gasteiger partial charge is 0.493 e. The van der Waals surface area contributed by atoms with E-state index in [4.69, 9.17) is 9.47 Å². The summed E-state index contributed by atoms with van der Waals surface area (Å²) < 4.78 is 11.6. The summed E-state index contributed by atoms with van der Waals surface area (Å²) in [6.45, 7) is 11.2. The maximum absolute atomic E-state index is 12.9. The van der Waals surface area contributed by atoms with Gasteiger partial charge in [0.05, 0.1) is 6.61 Å². The second-order valence-corrected chi connectivity index (χ2v) is 8.00. The normalized spacial score (nSPS) is 23.6. The van der Waals surface area contributed by atoms with Crippen molar-refractivity contribution in [3.8, 4) is 5.75 Å². The van der Waals surface area contributed by atoms with Crippen LogP contribution in [0.3, 0.4) is 0 Å². The van der Waals surface area contributed by atoms with E-state index in [2.05, 4.69) is 26.1 Å². The highest BCUT2D eigenvalue weighted by atomic mass is 16.5. The van der Waals surface area contributed by atoms with Crippen LogP contribution < -0.4 is 10.1 Å². The molecule has 2 rings (SSSR count). The molecule has 2 atom stereocenters. The number of amides is 1. The minimum Gasteiger partial charge on any atom is -0.493 e. The SMILES string of the molecule is CO[C@]1(C(=O)Nc2cc(C)c(OCC(C)C)c(C)c2)CCC[C@@H](C)C1. The standard InChI is InChI=1S/C21H33NO3/c1-14(2)13-25-19-16(4)10-18(11-17(19)5)22-20(23)21(24-6)9-7-8-15(3)12-21/h10-11,14-15H,7-9,12-13H2,1-6H3,(H,22,23)/t15-,21-/m1/s1. The Bertz CT molecular complexity index is 588. The third-order valence-electron chi connectivity index (χ3n) is 5.04. The maximum Gasteiger partial charge on any atom is 0.256 e. The van der Waals surface area contributed by atoms with Crippen molar-refractivity contribution in [1.29, 1.82) is 0 Å². The van der Waals surface area contributed by atoms with E-state index in [1.807, 2.05) is 26.0 Å². The van der Waals surface area contributed by atoms with Crippen LogP contribution in [0.15, 0.2) is 12.1 Å². The Hall–Kier alpha value is -1.55. The van der Waals surface area contributed by atoms with Gasteiger partial charge in [0.1, 0.15) is 11.4 Å². The van der Waals surface area contributed by atoms with E-state index in [1.165, 1.54) is 6.42 Å². The molecule has 4 heteroatoms. The van der Waals surface area contributed by atoms with Gasteiger partial charge in [-0.3, -0.25) is 4.79 Å². The van der Waals surface area contributed by atoms with Gasteiger partial charge in [-0.1, -0.05) is 27.2 Å². The number of ether oxygens (including phenoxy) is 2. The second kappa shape index (κ2) is 8.22. The van der Waals surface area contributed by atoms with E-state index >= 15 is 0 Å². The summed E-state index contributed by atoms with van der Waals surface area (Å²) in [7, 11) is 1.65. The third-order valence-corrected chi connectivity index (χ3v) is 5.04. The molecule has 0 heterocycles. The number of nitrogens with one attached hydrogen (secondary N) is 1. The highest BCUT2D eigenvalue weighted by Gasteiger charge is 2.42. The fourth-order valence-electron chi connectivity index (χ4n) is 3.73. The zero-order valence-electron chi connectivity index (χ0n) is 16.6. The summed E-state index contributed by atoms with van der Waals surface area (Å²) in [4.78, 5) is 12.9. The zero-order chi connectivity index (χ0) is 18.6. The molecule has 0 radical (unpaired) electrons. The Morgan fingerprint density at radius 1 is 1.32 bits per heavy atom. The van der Waals surface area contributed by atoms with Crippen LogP contribution in [0.2, 0.25) is 0 Å². The van der Waals surface area contributed by atoms with Gasteiger partial charge < -0.3 is 14.8 Å². The topological polar surface area (TPSA) is 47.6 Å². The molecule has 0 saturated heterocycles. The molecule has 1 aliphatic carbocycles. The van der Waals surface area contributed by atoms with Gasteiger partial charge in [-0.2, -0.15) is 0 Å². The molecule has 0 spiro atoms. The number of hydrogen-bond acceptors (Lipinski definition) is 3. The van der Waals surface area contributed by atoms with Crippen molar-refractivity contribution >= 4 is 11.6 Å². The molecule has 0 unspecified atom stereocenters. The van der Waals surface area contributed by atoms with Gasteiger partial charge in [-0.25, -0.2) is 0 Å². The summed E-state index contributed by atoms with van der Waals surface area (Å²) in [5, 5.41) is 3.08. The van der Waals surface area contributed by atoms with Gasteiger partial charge in [0, 0.05) is 12.8 Å². The second-order valence-electron chi connectivity index (χ2n) is 8.00. The average molecular weight is 347 g/mol. The van der Waals surface area contributed by atoms with Crippen LogP contribution in [0.25, 0.3) is 0 Å². The first kappa shape index (κ1) is 19.8. The first-order valence-electron chi connectivity index (χ1n) is 9.38. The van der Waals surface area contributed by atoms with Gasteiger partial charge in [0.25, 0.3) is 5.91 Å². The van der Waals surface area contributed by atoms with Crippen LogP contribution in [0, 0.1) is 25.7 Å². The monoisotopic (exact) mass is 347 g/mol. The fraction of sp³-hybridized carbons (Fsp3) is 0.667. The Balaban J connectivity index is 2.15. The van der Waals surface area contributed by atoms with Crippen LogP contribution in [-0.2, 0) is 9.53 Å². The molecule has 25 heavy (non-hydrogen) atoms. The summed E-state index contributed by atoms with van der Waals surface area (Å²) >= 11 is 0. The minimum atomic E-state index is -0.702. The summed E-state index contributed by atoms with van der Waals surface area (Å²) in [6, 6.07) is 3.96. The molecule has 4 nitrogen and oxygen atoms in total. The number of rotatable bonds is 6. The van der Waals surface area contributed by atoms with E-state index in [1.54, 1.807) is 7.11 Å². The van der Waals surface area contributed by atoms with Crippen molar-refractivity contribution in [2.24, 2.45) is 11.8 Å². The maximum atomic E-state index is 12.9. The molecule has 140 valence electrons. The van der Waals surface area contributed by atoms with Gasteiger partial charge in [0.15, 0.2) is 0 Å². The van der Waals surface area contributed by atoms with E-state index in [0.29, 0.717) is 18.4 Å². The van der Waals surface area contributed by atoms with Crippen molar-refractivity contribution in [2.45, 2.75) is 65.9 Å². The molecule has 1 aliphatic rings. The number of methoxy groups -OCH3 is 1. The summed E-state index contributed by atoms with van der Waals surface area (Å²) in [6.07, 6.45) is 3.76. The van der Waals surface area contributed by atoms with Crippen LogP contribution in [0.4, 0.5) is 5.69 Å². The zero-order valence-corrected chi connectivity index (χ0v) is 16.6. The first-order valence-corrected chi connectivity index (χ1v) is 9.38. The first-order chi connectivity index (χ1) is 11.8. The van der Waals surface area contributed by atoms with Crippen LogP contribution >= 0.6 is 0 Å². The van der Waals surface area contributed by atoms with Gasteiger partial charge >= 0.3 is 0 Å². The molecule has 1 aromatic carbocycles. The van der Waals surface area contributed by atoms with Gasteiger partial charge in [-0.05, 0) is 68.2 Å². The van der Waals surface area contributed by atoms with Crippen LogP contribution in [-0.4, -0.2) is 25.2 Å².